The molecule has 0 radical (unpaired) electrons. The SMILES string of the molecule is C/C=C\[C@H](CCOC(CC)CC(CC)Cc1ccc(F)cc1)N(O)C(N)=O. The zero-order chi connectivity index (χ0) is 20.2. The van der Waals surface area contributed by atoms with Crippen molar-refractivity contribution in [1.29, 1.82) is 0 Å². The lowest BCUT2D eigenvalue weighted by molar-refractivity contribution is -0.0722. The molecule has 0 aliphatic rings. The maximum atomic E-state index is 13.1. The third kappa shape index (κ3) is 8.54. The lowest BCUT2D eigenvalue weighted by Gasteiger charge is -2.25. The summed E-state index contributed by atoms with van der Waals surface area (Å²) in [4.78, 5) is 11.1. The lowest BCUT2D eigenvalue weighted by Crippen LogP contribution is -2.40. The highest BCUT2D eigenvalue weighted by Crippen LogP contribution is 2.21. The molecule has 0 saturated carbocycles. The van der Waals surface area contributed by atoms with E-state index in [-0.39, 0.29) is 11.9 Å². The van der Waals surface area contributed by atoms with Crippen LogP contribution in [0, 0.1) is 11.7 Å². The number of nitrogens with zero attached hydrogens (tertiary/aromatic N) is 1. The number of halogens is 1. The summed E-state index contributed by atoms with van der Waals surface area (Å²) in [6, 6.07) is 5.29. The van der Waals surface area contributed by atoms with Crippen LogP contribution in [0.15, 0.2) is 36.4 Å². The van der Waals surface area contributed by atoms with Gasteiger partial charge in [-0.25, -0.2) is 9.18 Å². The third-order valence-electron chi connectivity index (χ3n) is 4.79. The molecule has 0 bridgehead atoms. The van der Waals surface area contributed by atoms with Crippen LogP contribution in [0.3, 0.4) is 0 Å². The van der Waals surface area contributed by atoms with Crippen molar-refractivity contribution >= 4 is 6.03 Å². The summed E-state index contributed by atoms with van der Waals surface area (Å²) < 4.78 is 19.1. The summed E-state index contributed by atoms with van der Waals surface area (Å²) in [6.45, 7) is 6.48. The number of urea groups is 1. The molecule has 1 aromatic carbocycles. The summed E-state index contributed by atoms with van der Waals surface area (Å²) in [7, 11) is 0. The first kappa shape index (κ1) is 23.1. The summed E-state index contributed by atoms with van der Waals surface area (Å²) >= 11 is 0. The second kappa shape index (κ2) is 12.5. The van der Waals surface area contributed by atoms with Crippen LogP contribution in [0.2, 0.25) is 0 Å². The van der Waals surface area contributed by atoms with Crippen LogP contribution in [0.4, 0.5) is 9.18 Å². The monoisotopic (exact) mass is 380 g/mol. The maximum absolute atomic E-state index is 13.1. The number of primary amides is 1. The van der Waals surface area contributed by atoms with Crippen LogP contribution < -0.4 is 5.73 Å². The molecule has 0 spiro atoms. The van der Waals surface area contributed by atoms with E-state index in [0.29, 0.717) is 24.0 Å². The molecule has 1 aromatic rings. The number of amides is 2. The minimum Gasteiger partial charge on any atom is -0.378 e. The van der Waals surface area contributed by atoms with E-state index in [4.69, 9.17) is 10.5 Å². The quantitative estimate of drug-likeness (QED) is 0.314. The Hall–Kier alpha value is -1.92. The van der Waals surface area contributed by atoms with Crippen LogP contribution >= 0.6 is 0 Å². The van der Waals surface area contributed by atoms with Gasteiger partial charge in [-0.2, -0.15) is 5.06 Å². The molecule has 0 aliphatic carbocycles. The van der Waals surface area contributed by atoms with Crippen molar-refractivity contribution in [3.8, 4) is 0 Å². The number of hydrogen-bond donors (Lipinski definition) is 2. The van der Waals surface area contributed by atoms with E-state index in [1.54, 1.807) is 12.2 Å². The fourth-order valence-electron chi connectivity index (χ4n) is 3.11. The van der Waals surface area contributed by atoms with Crippen LogP contribution in [0.5, 0.6) is 0 Å². The molecule has 0 fully saturated rings. The molecule has 0 aromatic heterocycles. The molecule has 5 nitrogen and oxygen atoms in total. The predicted octanol–water partition coefficient (Wildman–Crippen LogP) is 4.68. The largest absolute Gasteiger partial charge is 0.378 e. The first-order chi connectivity index (χ1) is 12.9. The number of hydroxylamine groups is 2. The van der Waals surface area contributed by atoms with Crippen LogP contribution in [0.25, 0.3) is 0 Å². The van der Waals surface area contributed by atoms with Crippen molar-refractivity contribution in [2.24, 2.45) is 11.7 Å². The highest BCUT2D eigenvalue weighted by atomic mass is 19.1. The Morgan fingerprint density at radius 3 is 2.48 bits per heavy atom. The predicted molar refractivity (Wildman–Crippen MR) is 105 cm³/mol. The van der Waals surface area contributed by atoms with Crippen molar-refractivity contribution in [3.63, 3.8) is 0 Å². The minimum atomic E-state index is -0.879. The van der Waals surface area contributed by atoms with E-state index in [2.05, 4.69) is 13.8 Å². The fourth-order valence-corrected chi connectivity index (χ4v) is 3.11. The Morgan fingerprint density at radius 2 is 1.96 bits per heavy atom. The van der Waals surface area contributed by atoms with Gasteiger partial charge in [0.2, 0.25) is 0 Å². The molecular weight excluding hydrogens is 347 g/mol. The average Bonchev–Trinajstić information content (AvgIpc) is 2.66. The highest BCUT2D eigenvalue weighted by Gasteiger charge is 2.19. The smallest absolute Gasteiger partial charge is 0.339 e. The molecule has 3 atom stereocenters. The minimum absolute atomic E-state index is 0.0994. The van der Waals surface area contributed by atoms with E-state index in [9.17, 15) is 14.4 Å². The zero-order valence-corrected chi connectivity index (χ0v) is 16.6. The summed E-state index contributed by atoms with van der Waals surface area (Å²) in [6.07, 6.45) is 7.76. The standard InChI is InChI=1S/C21H33FN2O3/c1-4-7-19(24(26)21(23)25)12-13-27-20(6-3)15-16(5-2)14-17-8-10-18(22)11-9-17/h4,7-11,16,19-20,26H,5-6,12-15H2,1-3H3,(H2,23,25)/b7-4-/t16?,19-,20?/m1/s1. The molecule has 152 valence electrons. The number of benzene rings is 1. The fraction of sp³-hybridized carbons (Fsp3) is 0.571. The zero-order valence-electron chi connectivity index (χ0n) is 16.6. The highest BCUT2D eigenvalue weighted by molar-refractivity contribution is 5.71. The Balaban J connectivity index is 2.53. The molecule has 1 rings (SSSR count). The van der Waals surface area contributed by atoms with E-state index in [1.807, 2.05) is 19.1 Å². The van der Waals surface area contributed by atoms with Crippen molar-refractivity contribution in [3.05, 3.63) is 47.8 Å². The second-order valence-corrected chi connectivity index (χ2v) is 6.81. The average molecular weight is 381 g/mol. The van der Waals surface area contributed by atoms with Gasteiger partial charge in [-0.15, -0.1) is 0 Å². The van der Waals surface area contributed by atoms with E-state index < -0.39 is 12.1 Å². The topological polar surface area (TPSA) is 75.8 Å². The number of carbonyl (C=O) groups excluding carboxylic acids is 1. The Labute approximate surface area is 162 Å². The summed E-state index contributed by atoms with van der Waals surface area (Å²) in [5.41, 5.74) is 6.26. The van der Waals surface area contributed by atoms with Gasteiger partial charge in [0.05, 0.1) is 12.1 Å². The number of ether oxygens (including phenoxy) is 1. The number of rotatable bonds is 12. The first-order valence-corrected chi connectivity index (χ1v) is 9.67. The van der Waals surface area contributed by atoms with E-state index >= 15 is 0 Å². The second-order valence-electron chi connectivity index (χ2n) is 6.81. The molecule has 0 saturated heterocycles. The molecule has 2 amide bonds. The Kier molecular flexibility index (Phi) is 10.7. The van der Waals surface area contributed by atoms with Crippen LogP contribution in [0.1, 0.15) is 52.0 Å². The van der Waals surface area contributed by atoms with Crippen molar-refractivity contribution in [2.45, 2.75) is 65.0 Å². The molecule has 2 unspecified atom stereocenters. The lowest BCUT2D eigenvalue weighted by atomic mass is 9.91. The van der Waals surface area contributed by atoms with Gasteiger partial charge in [-0.05, 0) is 56.2 Å². The molecule has 0 heterocycles. The van der Waals surface area contributed by atoms with Gasteiger partial charge in [0, 0.05) is 6.61 Å². The molecule has 3 N–H and O–H groups in total. The molecule has 27 heavy (non-hydrogen) atoms. The Morgan fingerprint density at radius 1 is 1.30 bits per heavy atom. The summed E-state index contributed by atoms with van der Waals surface area (Å²) in [5.74, 6) is 0.234. The maximum Gasteiger partial charge on any atom is 0.339 e. The van der Waals surface area contributed by atoms with Gasteiger partial charge in [0.1, 0.15) is 5.82 Å². The number of allylic oxidation sites excluding steroid dienone is 1. The van der Waals surface area contributed by atoms with E-state index in [1.165, 1.54) is 12.1 Å². The summed E-state index contributed by atoms with van der Waals surface area (Å²) in [5, 5.41) is 10.3. The Bertz CT molecular complexity index is 577. The van der Waals surface area contributed by atoms with Crippen molar-refractivity contribution < 1.29 is 19.1 Å². The van der Waals surface area contributed by atoms with Gasteiger partial charge in [0.25, 0.3) is 0 Å². The van der Waals surface area contributed by atoms with Gasteiger partial charge >= 0.3 is 6.03 Å². The van der Waals surface area contributed by atoms with Crippen molar-refractivity contribution in [1.82, 2.24) is 5.06 Å². The number of nitrogens with two attached hydrogens (primary N) is 1. The van der Waals surface area contributed by atoms with Gasteiger partial charge in [0.15, 0.2) is 0 Å². The third-order valence-corrected chi connectivity index (χ3v) is 4.79. The van der Waals surface area contributed by atoms with Crippen LogP contribution in [-0.4, -0.2) is 35.1 Å². The van der Waals surface area contributed by atoms with Gasteiger partial charge in [-0.3, -0.25) is 5.21 Å². The normalized spacial score (nSPS) is 14.9. The van der Waals surface area contributed by atoms with Gasteiger partial charge < -0.3 is 10.5 Å². The molecule has 0 aliphatic heterocycles. The molecular formula is C21H33FN2O3. The van der Waals surface area contributed by atoms with Gasteiger partial charge in [-0.1, -0.05) is 44.6 Å². The molecule has 6 heteroatoms. The number of hydrogen-bond acceptors (Lipinski definition) is 3. The van der Waals surface area contributed by atoms with Crippen molar-refractivity contribution in [2.75, 3.05) is 6.61 Å². The van der Waals surface area contributed by atoms with Crippen LogP contribution in [-0.2, 0) is 11.2 Å². The van der Waals surface area contributed by atoms with E-state index in [0.717, 1.165) is 31.2 Å². The number of carbonyl (C=O) groups is 1. The first-order valence-electron chi connectivity index (χ1n) is 9.67.